The van der Waals surface area contributed by atoms with Crippen LogP contribution < -0.4 is 5.32 Å². The number of pyridine rings is 1. The van der Waals surface area contributed by atoms with Gasteiger partial charge in [0, 0.05) is 13.2 Å². The van der Waals surface area contributed by atoms with Crippen LogP contribution in [0.5, 0.6) is 0 Å². The summed E-state index contributed by atoms with van der Waals surface area (Å²) in [5.74, 6) is 0.787. The van der Waals surface area contributed by atoms with Crippen LogP contribution in [0.25, 0.3) is 16.6 Å². The summed E-state index contributed by atoms with van der Waals surface area (Å²) in [6.07, 6.45) is 9.27. The van der Waals surface area contributed by atoms with E-state index in [0.717, 1.165) is 27.9 Å². The molecule has 2 aromatic rings. The van der Waals surface area contributed by atoms with E-state index in [1.54, 1.807) is 0 Å². The van der Waals surface area contributed by atoms with Crippen LogP contribution in [0, 0.1) is 0 Å². The number of allylic oxidation sites excluding steroid dienone is 5. The first-order valence-corrected chi connectivity index (χ1v) is 6.42. The Labute approximate surface area is 119 Å². The van der Waals surface area contributed by atoms with E-state index in [2.05, 4.69) is 45.9 Å². The Kier molecular flexibility index (Phi) is 4.25. The molecule has 0 aliphatic carbocycles. The standard InChI is InChI=1S/C16H18N4/c1-5-11(2)6-7-12(3)13-8-14-15(17-4)19-10-20-16(14)18-9-13/h5-10H,1H2,2-4H3,(H,17,18,19,20)/b11-6-,12-7+. The minimum Gasteiger partial charge on any atom is -0.372 e. The third-order valence-corrected chi connectivity index (χ3v) is 3.10. The number of anilines is 1. The third-order valence-electron chi connectivity index (χ3n) is 3.10. The monoisotopic (exact) mass is 266 g/mol. The van der Waals surface area contributed by atoms with Crippen molar-refractivity contribution in [1.29, 1.82) is 0 Å². The number of nitrogens with zero attached hydrogens (tertiary/aromatic N) is 3. The summed E-state index contributed by atoms with van der Waals surface area (Å²) < 4.78 is 0. The minimum atomic E-state index is 0.693. The van der Waals surface area contributed by atoms with Gasteiger partial charge in [0.25, 0.3) is 0 Å². The van der Waals surface area contributed by atoms with Crippen LogP contribution in [-0.2, 0) is 0 Å². The van der Waals surface area contributed by atoms with Crippen molar-refractivity contribution in [2.24, 2.45) is 0 Å². The second-order valence-corrected chi connectivity index (χ2v) is 4.53. The Morgan fingerprint density at radius 2 is 2.00 bits per heavy atom. The lowest BCUT2D eigenvalue weighted by Gasteiger charge is -2.06. The highest BCUT2D eigenvalue weighted by Crippen LogP contribution is 2.22. The van der Waals surface area contributed by atoms with Gasteiger partial charge >= 0.3 is 0 Å². The van der Waals surface area contributed by atoms with E-state index < -0.39 is 0 Å². The summed E-state index contributed by atoms with van der Waals surface area (Å²) in [6.45, 7) is 7.81. The number of aromatic nitrogens is 3. The average Bonchev–Trinajstić information content (AvgIpc) is 2.50. The van der Waals surface area contributed by atoms with Gasteiger partial charge in [-0.3, -0.25) is 0 Å². The van der Waals surface area contributed by atoms with Gasteiger partial charge in [-0.05, 0) is 31.1 Å². The van der Waals surface area contributed by atoms with E-state index in [1.807, 2.05) is 32.3 Å². The highest BCUT2D eigenvalue weighted by Gasteiger charge is 2.05. The minimum absolute atomic E-state index is 0.693. The molecule has 0 saturated carbocycles. The Balaban J connectivity index is 2.48. The predicted octanol–water partition coefficient (Wildman–Crippen LogP) is 3.60. The van der Waals surface area contributed by atoms with Crippen LogP contribution in [0.15, 0.2) is 49.0 Å². The predicted molar refractivity (Wildman–Crippen MR) is 84.5 cm³/mol. The molecule has 1 N–H and O–H groups in total. The zero-order chi connectivity index (χ0) is 14.5. The molecule has 4 heteroatoms. The maximum Gasteiger partial charge on any atom is 0.164 e. The molecule has 0 atom stereocenters. The summed E-state index contributed by atoms with van der Waals surface area (Å²) in [4.78, 5) is 12.8. The fraction of sp³-hybridized carbons (Fsp3) is 0.188. The Morgan fingerprint density at radius 3 is 2.70 bits per heavy atom. The molecule has 0 amide bonds. The molecule has 2 rings (SSSR count). The zero-order valence-electron chi connectivity index (χ0n) is 12.0. The molecular weight excluding hydrogens is 248 g/mol. The van der Waals surface area contributed by atoms with Gasteiger partial charge in [-0.15, -0.1) is 0 Å². The first-order valence-electron chi connectivity index (χ1n) is 6.42. The van der Waals surface area contributed by atoms with Gasteiger partial charge in [0.15, 0.2) is 5.65 Å². The second kappa shape index (κ2) is 6.10. The first kappa shape index (κ1) is 13.9. The number of nitrogens with one attached hydrogen (secondary N) is 1. The average molecular weight is 266 g/mol. The Morgan fingerprint density at radius 1 is 1.20 bits per heavy atom. The Hall–Kier alpha value is -2.49. The summed E-state index contributed by atoms with van der Waals surface area (Å²) in [5, 5.41) is 3.98. The molecule has 0 bridgehead atoms. The van der Waals surface area contributed by atoms with Crippen molar-refractivity contribution >= 4 is 22.4 Å². The van der Waals surface area contributed by atoms with E-state index in [0.29, 0.717) is 5.65 Å². The fourth-order valence-corrected chi connectivity index (χ4v) is 1.78. The summed E-state index contributed by atoms with van der Waals surface area (Å²) in [5.41, 5.74) is 4.00. The molecule has 0 aromatic carbocycles. The molecule has 102 valence electrons. The number of fused-ring (bicyclic) bond motifs is 1. The number of rotatable bonds is 4. The van der Waals surface area contributed by atoms with Crippen LogP contribution in [0.3, 0.4) is 0 Å². The molecule has 0 unspecified atom stereocenters. The van der Waals surface area contributed by atoms with Crippen molar-refractivity contribution in [3.8, 4) is 0 Å². The van der Waals surface area contributed by atoms with Crippen LogP contribution in [0.1, 0.15) is 19.4 Å². The van der Waals surface area contributed by atoms with Crippen LogP contribution in [0.2, 0.25) is 0 Å². The van der Waals surface area contributed by atoms with Gasteiger partial charge in [-0.2, -0.15) is 0 Å². The molecule has 20 heavy (non-hydrogen) atoms. The molecule has 0 radical (unpaired) electrons. The molecule has 4 nitrogen and oxygen atoms in total. The number of hydrogen-bond acceptors (Lipinski definition) is 4. The van der Waals surface area contributed by atoms with Crippen LogP contribution in [0.4, 0.5) is 5.82 Å². The van der Waals surface area contributed by atoms with Crippen molar-refractivity contribution in [1.82, 2.24) is 15.0 Å². The van der Waals surface area contributed by atoms with Crippen molar-refractivity contribution in [2.75, 3.05) is 12.4 Å². The zero-order valence-corrected chi connectivity index (χ0v) is 12.0. The summed E-state index contributed by atoms with van der Waals surface area (Å²) in [7, 11) is 1.84. The maximum atomic E-state index is 4.39. The highest BCUT2D eigenvalue weighted by molar-refractivity contribution is 5.88. The largest absolute Gasteiger partial charge is 0.372 e. The maximum absolute atomic E-state index is 4.39. The van der Waals surface area contributed by atoms with E-state index >= 15 is 0 Å². The fourth-order valence-electron chi connectivity index (χ4n) is 1.78. The quantitative estimate of drug-likeness (QED) is 0.859. The molecule has 2 heterocycles. The van der Waals surface area contributed by atoms with Crippen LogP contribution in [-0.4, -0.2) is 22.0 Å². The smallest absolute Gasteiger partial charge is 0.164 e. The van der Waals surface area contributed by atoms with Crippen molar-refractivity contribution in [2.45, 2.75) is 13.8 Å². The molecule has 0 aliphatic heterocycles. The Bertz CT molecular complexity index is 699. The van der Waals surface area contributed by atoms with E-state index in [4.69, 9.17) is 0 Å². The van der Waals surface area contributed by atoms with Crippen molar-refractivity contribution < 1.29 is 0 Å². The van der Waals surface area contributed by atoms with Gasteiger partial charge in [-0.25, -0.2) is 15.0 Å². The van der Waals surface area contributed by atoms with E-state index in [-0.39, 0.29) is 0 Å². The van der Waals surface area contributed by atoms with E-state index in [1.165, 1.54) is 6.33 Å². The SMILES string of the molecule is C=C/C(C)=C\C=C(/C)c1cnc2ncnc(NC)c2c1. The van der Waals surface area contributed by atoms with Gasteiger partial charge < -0.3 is 5.32 Å². The van der Waals surface area contributed by atoms with Crippen molar-refractivity contribution in [3.63, 3.8) is 0 Å². The molecule has 0 spiro atoms. The van der Waals surface area contributed by atoms with Gasteiger partial charge in [0.2, 0.25) is 0 Å². The van der Waals surface area contributed by atoms with Gasteiger partial charge in [0.1, 0.15) is 12.1 Å². The van der Waals surface area contributed by atoms with Crippen LogP contribution >= 0.6 is 0 Å². The summed E-state index contributed by atoms with van der Waals surface area (Å²) in [6, 6.07) is 2.05. The molecular formula is C16H18N4. The number of hydrogen-bond donors (Lipinski definition) is 1. The second-order valence-electron chi connectivity index (χ2n) is 4.53. The highest BCUT2D eigenvalue weighted by atomic mass is 15.0. The summed E-state index contributed by atoms with van der Waals surface area (Å²) >= 11 is 0. The molecule has 0 aliphatic rings. The van der Waals surface area contributed by atoms with Gasteiger partial charge in [-0.1, -0.05) is 30.4 Å². The first-order chi connectivity index (χ1) is 9.65. The van der Waals surface area contributed by atoms with Crippen molar-refractivity contribution in [3.05, 3.63) is 54.5 Å². The third kappa shape index (κ3) is 2.91. The normalized spacial score (nSPS) is 12.6. The molecule has 0 saturated heterocycles. The topological polar surface area (TPSA) is 50.7 Å². The van der Waals surface area contributed by atoms with E-state index in [9.17, 15) is 0 Å². The molecule has 0 fully saturated rings. The lowest BCUT2D eigenvalue weighted by atomic mass is 10.1. The lowest BCUT2D eigenvalue weighted by Crippen LogP contribution is -1.97. The van der Waals surface area contributed by atoms with Gasteiger partial charge in [0.05, 0.1) is 5.39 Å². The lowest BCUT2D eigenvalue weighted by molar-refractivity contribution is 1.17. The molecule has 2 aromatic heterocycles.